The summed E-state index contributed by atoms with van der Waals surface area (Å²) in [5, 5.41) is 0. The van der Waals surface area contributed by atoms with E-state index in [1.54, 1.807) is 4.90 Å². The van der Waals surface area contributed by atoms with Gasteiger partial charge in [-0.1, -0.05) is 6.92 Å². The van der Waals surface area contributed by atoms with Crippen molar-refractivity contribution in [1.29, 1.82) is 0 Å². The molecule has 0 aliphatic carbocycles. The first kappa shape index (κ1) is 9.98. The van der Waals surface area contributed by atoms with Crippen LogP contribution in [0.25, 0.3) is 0 Å². The molecule has 1 aliphatic heterocycles. The first-order valence-electron chi connectivity index (χ1n) is 4.40. The highest BCUT2D eigenvalue weighted by molar-refractivity contribution is 5.80. The summed E-state index contributed by atoms with van der Waals surface area (Å²) in [5.41, 5.74) is 2.04. The lowest BCUT2D eigenvalue weighted by Gasteiger charge is -2.14. The van der Waals surface area contributed by atoms with Gasteiger partial charge >= 0.3 is 0 Å². The second-order valence-corrected chi connectivity index (χ2v) is 3.47. The van der Waals surface area contributed by atoms with Gasteiger partial charge in [-0.15, -0.1) is 0 Å². The Morgan fingerprint density at radius 2 is 2.46 bits per heavy atom. The third-order valence-corrected chi connectivity index (χ3v) is 2.18. The van der Waals surface area contributed by atoms with Gasteiger partial charge in [0.2, 0.25) is 11.8 Å². The number of hydrogen-bond donors (Lipinski definition) is 2. The monoisotopic (exact) mass is 185 g/mol. The molecule has 5 nitrogen and oxygen atoms in total. The number of hydrazine groups is 1. The molecule has 1 heterocycles. The molecule has 1 rings (SSSR count). The van der Waals surface area contributed by atoms with Crippen LogP contribution >= 0.6 is 0 Å². The average Bonchev–Trinajstić information content (AvgIpc) is 2.41. The predicted molar refractivity (Wildman–Crippen MR) is 47.3 cm³/mol. The summed E-state index contributed by atoms with van der Waals surface area (Å²) in [5.74, 6) is 5.23. The quantitative estimate of drug-likeness (QED) is 0.344. The van der Waals surface area contributed by atoms with Crippen molar-refractivity contribution in [3.05, 3.63) is 0 Å². The molecule has 1 fully saturated rings. The molecule has 0 spiro atoms. The zero-order valence-corrected chi connectivity index (χ0v) is 7.75. The van der Waals surface area contributed by atoms with E-state index < -0.39 is 0 Å². The molecule has 3 N–H and O–H groups in total. The Morgan fingerprint density at radius 1 is 1.77 bits per heavy atom. The SMILES string of the molecule is CC1CC(=O)N(CCC(=O)NN)C1. The Balaban J connectivity index is 2.29. The van der Waals surface area contributed by atoms with Gasteiger partial charge in [-0.05, 0) is 5.92 Å². The molecule has 74 valence electrons. The van der Waals surface area contributed by atoms with Crippen LogP contribution in [0.1, 0.15) is 19.8 Å². The Labute approximate surface area is 77.2 Å². The predicted octanol–water partition coefficient (Wildman–Crippen LogP) is -0.765. The van der Waals surface area contributed by atoms with E-state index in [1.165, 1.54) is 0 Å². The fraction of sp³-hybridized carbons (Fsp3) is 0.750. The Bertz CT molecular complexity index is 217. The number of nitrogens with zero attached hydrogens (tertiary/aromatic N) is 1. The minimum Gasteiger partial charge on any atom is -0.342 e. The van der Waals surface area contributed by atoms with Crippen LogP contribution in [0.2, 0.25) is 0 Å². The number of hydrogen-bond acceptors (Lipinski definition) is 3. The van der Waals surface area contributed by atoms with E-state index >= 15 is 0 Å². The van der Waals surface area contributed by atoms with Gasteiger partial charge in [-0.25, -0.2) is 5.84 Å². The van der Waals surface area contributed by atoms with E-state index in [4.69, 9.17) is 5.84 Å². The molecule has 13 heavy (non-hydrogen) atoms. The topological polar surface area (TPSA) is 75.4 Å². The van der Waals surface area contributed by atoms with Gasteiger partial charge in [0, 0.05) is 25.9 Å². The maximum Gasteiger partial charge on any atom is 0.235 e. The zero-order valence-electron chi connectivity index (χ0n) is 7.75. The summed E-state index contributed by atoms with van der Waals surface area (Å²) in [6, 6.07) is 0. The van der Waals surface area contributed by atoms with Crippen molar-refractivity contribution in [3.8, 4) is 0 Å². The summed E-state index contributed by atoms with van der Waals surface area (Å²) in [6.07, 6.45) is 0.888. The van der Waals surface area contributed by atoms with Crippen molar-refractivity contribution in [2.75, 3.05) is 13.1 Å². The molecule has 0 bridgehead atoms. The van der Waals surface area contributed by atoms with E-state index in [9.17, 15) is 9.59 Å². The third kappa shape index (κ3) is 2.69. The van der Waals surface area contributed by atoms with Gasteiger partial charge < -0.3 is 4.90 Å². The second kappa shape index (κ2) is 4.23. The zero-order chi connectivity index (χ0) is 9.84. The number of nitrogens with two attached hydrogens (primary N) is 1. The molecule has 0 aromatic carbocycles. The van der Waals surface area contributed by atoms with Crippen molar-refractivity contribution in [2.24, 2.45) is 11.8 Å². The van der Waals surface area contributed by atoms with E-state index in [0.29, 0.717) is 18.9 Å². The van der Waals surface area contributed by atoms with Crippen LogP contribution in [0.5, 0.6) is 0 Å². The summed E-state index contributed by atoms with van der Waals surface area (Å²) >= 11 is 0. The smallest absolute Gasteiger partial charge is 0.235 e. The number of rotatable bonds is 3. The van der Waals surface area contributed by atoms with Crippen molar-refractivity contribution >= 4 is 11.8 Å². The van der Waals surface area contributed by atoms with Gasteiger partial charge in [-0.2, -0.15) is 0 Å². The van der Waals surface area contributed by atoms with Crippen molar-refractivity contribution in [1.82, 2.24) is 10.3 Å². The summed E-state index contributed by atoms with van der Waals surface area (Å²) < 4.78 is 0. The lowest BCUT2D eigenvalue weighted by atomic mass is 10.2. The van der Waals surface area contributed by atoms with Crippen molar-refractivity contribution < 1.29 is 9.59 Å². The molecule has 0 radical (unpaired) electrons. The molecular formula is C8H15N3O2. The van der Waals surface area contributed by atoms with Crippen molar-refractivity contribution in [3.63, 3.8) is 0 Å². The fourth-order valence-electron chi connectivity index (χ4n) is 1.49. The second-order valence-electron chi connectivity index (χ2n) is 3.47. The number of likely N-dealkylation sites (tertiary alicyclic amines) is 1. The average molecular weight is 185 g/mol. The minimum atomic E-state index is -0.229. The van der Waals surface area contributed by atoms with Gasteiger partial charge in [0.25, 0.3) is 0 Å². The van der Waals surface area contributed by atoms with Crippen LogP contribution in [0.15, 0.2) is 0 Å². The first-order chi connectivity index (χ1) is 6.13. The minimum absolute atomic E-state index is 0.136. The molecule has 1 atom stereocenters. The molecule has 1 unspecified atom stereocenters. The summed E-state index contributed by atoms with van der Waals surface area (Å²) in [6.45, 7) is 3.27. The lowest BCUT2D eigenvalue weighted by Crippen LogP contribution is -2.34. The van der Waals surface area contributed by atoms with E-state index in [0.717, 1.165) is 6.54 Å². The molecule has 0 aromatic rings. The Kier molecular flexibility index (Phi) is 3.25. The standard InChI is InChI=1S/C8H15N3O2/c1-6-4-8(13)11(5-6)3-2-7(12)10-9/h6H,2-5,9H2,1H3,(H,10,12). The normalized spacial score (nSPS) is 22.2. The Morgan fingerprint density at radius 3 is 2.92 bits per heavy atom. The van der Waals surface area contributed by atoms with Crippen LogP contribution in [-0.4, -0.2) is 29.8 Å². The Hall–Kier alpha value is -1.10. The van der Waals surface area contributed by atoms with Crippen LogP contribution in [-0.2, 0) is 9.59 Å². The highest BCUT2D eigenvalue weighted by atomic mass is 16.2. The largest absolute Gasteiger partial charge is 0.342 e. The summed E-state index contributed by atoms with van der Waals surface area (Å²) in [7, 11) is 0. The van der Waals surface area contributed by atoms with Crippen molar-refractivity contribution in [2.45, 2.75) is 19.8 Å². The summed E-state index contributed by atoms with van der Waals surface area (Å²) in [4.78, 5) is 23.7. The van der Waals surface area contributed by atoms with Gasteiger partial charge in [0.15, 0.2) is 0 Å². The van der Waals surface area contributed by atoms with Crippen LogP contribution in [0.4, 0.5) is 0 Å². The molecule has 1 aliphatic rings. The third-order valence-electron chi connectivity index (χ3n) is 2.18. The van der Waals surface area contributed by atoms with Gasteiger partial charge in [0.05, 0.1) is 0 Å². The highest BCUT2D eigenvalue weighted by Crippen LogP contribution is 2.16. The number of carbonyl (C=O) groups is 2. The molecule has 1 saturated heterocycles. The molecule has 2 amide bonds. The van der Waals surface area contributed by atoms with E-state index in [2.05, 4.69) is 0 Å². The number of carbonyl (C=O) groups excluding carboxylic acids is 2. The van der Waals surface area contributed by atoms with Crippen LogP contribution in [0.3, 0.4) is 0 Å². The van der Waals surface area contributed by atoms with Crippen LogP contribution < -0.4 is 11.3 Å². The van der Waals surface area contributed by atoms with Crippen LogP contribution in [0, 0.1) is 5.92 Å². The lowest BCUT2D eigenvalue weighted by molar-refractivity contribution is -0.128. The molecule has 0 saturated carbocycles. The number of nitrogens with one attached hydrogen (secondary N) is 1. The highest BCUT2D eigenvalue weighted by Gasteiger charge is 2.26. The molecule has 5 heteroatoms. The maximum atomic E-state index is 11.2. The van der Waals surface area contributed by atoms with Gasteiger partial charge in [0.1, 0.15) is 0 Å². The maximum absolute atomic E-state index is 11.2. The molecular weight excluding hydrogens is 170 g/mol. The van der Waals surface area contributed by atoms with E-state index in [1.807, 2.05) is 12.3 Å². The van der Waals surface area contributed by atoms with E-state index in [-0.39, 0.29) is 18.2 Å². The first-order valence-corrected chi connectivity index (χ1v) is 4.40. The van der Waals surface area contributed by atoms with Gasteiger partial charge in [-0.3, -0.25) is 15.0 Å². The fourth-order valence-corrected chi connectivity index (χ4v) is 1.49. The number of amides is 2. The molecule has 0 aromatic heterocycles.